The first-order chi connectivity index (χ1) is 7.11. The Kier molecular flexibility index (Phi) is 4.72. The van der Waals surface area contributed by atoms with Crippen molar-refractivity contribution in [3.63, 3.8) is 0 Å². The van der Waals surface area contributed by atoms with Crippen LogP contribution in [0, 0.1) is 5.92 Å². The van der Waals surface area contributed by atoms with Crippen molar-refractivity contribution >= 4 is 0 Å². The van der Waals surface area contributed by atoms with Crippen LogP contribution in [0.25, 0.3) is 0 Å². The number of nitrogens with zero attached hydrogens (tertiary/aromatic N) is 1. The average molecular weight is 208 g/mol. The zero-order valence-corrected chi connectivity index (χ0v) is 9.64. The molecule has 1 rings (SSSR count). The highest BCUT2D eigenvalue weighted by atomic mass is 16.3. The van der Waals surface area contributed by atoms with Gasteiger partial charge in [0.1, 0.15) is 0 Å². The lowest BCUT2D eigenvalue weighted by Gasteiger charge is -2.18. The molecule has 0 aliphatic heterocycles. The molecule has 2 unspecified atom stereocenters. The lowest BCUT2D eigenvalue weighted by atomic mass is 10.1. The molecule has 0 amide bonds. The second-order valence-corrected chi connectivity index (χ2v) is 4.20. The monoisotopic (exact) mass is 208 g/mol. The summed E-state index contributed by atoms with van der Waals surface area (Å²) in [5.41, 5.74) is 1.01. The van der Waals surface area contributed by atoms with Crippen LogP contribution in [0.4, 0.5) is 0 Å². The Morgan fingerprint density at radius 3 is 2.60 bits per heavy atom. The molecule has 84 valence electrons. The SMILES string of the molecule is CC(NCC(O)C(C)C)c1ccccn1. The molecule has 0 saturated carbocycles. The van der Waals surface area contributed by atoms with Crippen LogP contribution in [-0.4, -0.2) is 22.7 Å². The molecule has 0 bridgehead atoms. The third-order valence-corrected chi connectivity index (χ3v) is 2.53. The minimum Gasteiger partial charge on any atom is -0.392 e. The van der Waals surface area contributed by atoms with Crippen molar-refractivity contribution in [2.75, 3.05) is 6.54 Å². The van der Waals surface area contributed by atoms with Crippen molar-refractivity contribution in [3.05, 3.63) is 30.1 Å². The molecule has 1 aromatic heterocycles. The lowest BCUT2D eigenvalue weighted by Crippen LogP contribution is -2.32. The first kappa shape index (κ1) is 12.1. The van der Waals surface area contributed by atoms with E-state index in [-0.39, 0.29) is 18.1 Å². The number of aliphatic hydroxyl groups is 1. The van der Waals surface area contributed by atoms with Crippen LogP contribution in [-0.2, 0) is 0 Å². The molecular weight excluding hydrogens is 188 g/mol. The predicted octanol–water partition coefficient (Wildman–Crippen LogP) is 1.75. The summed E-state index contributed by atoms with van der Waals surface area (Å²) in [5.74, 6) is 0.286. The summed E-state index contributed by atoms with van der Waals surface area (Å²) in [4.78, 5) is 4.26. The summed E-state index contributed by atoms with van der Waals surface area (Å²) in [6, 6.07) is 6.04. The van der Waals surface area contributed by atoms with Gasteiger partial charge in [0.25, 0.3) is 0 Å². The molecule has 0 radical (unpaired) electrons. The molecule has 3 nitrogen and oxygen atoms in total. The maximum absolute atomic E-state index is 9.64. The van der Waals surface area contributed by atoms with E-state index in [2.05, 4.69) is 17.2 Å². The summed E-state index contributed by atoms with van der Waals surface area (Å²) in [7, 11) is 0. The van der Waals surface area contributed by atoms with Gasteiger partial charge in [0.05, 0.1) is 11.8 Å². The van der Waals surface area contributed by atoms with E-state index in [0.717, 1.165) is 5.69 Å². The summed E-state index contributed by atoms with van der Waals surface area (Å²) < 4.78 is 0. The summed E-state index contributed by atoms with van der Waals surface area (Å²) in [6.45, 7) is 6.68. The average Bonchev–Trinajstić information content (AvgIpc) is 2.26. The smallest absolute Gasteiger partial charge is 0.0687 e. The third kappa shape index (κ3) is 3.98. The second kappa shape index (κ2) is 5.83. The van der Waals surface area contributed by atoms with Crippen molar-refractivity contribution in [1.29, 1.82) is 0 Å². The van der Waals surface area contributed by atoms with Crippen molar-refractivity contribution in [3.8, 4) is 0 Å². The molecule has 2 N–H and O–H groups in total. The van der Waals surface area contributed by atoms with Gasteiger partial charge in [0, 0.05) is 18.8 Å². The Hall–Kier alpha value is -0.930. The number of hydrogen-bond donors (Lipinski definition) is 2. The first-order valence-electron chi connectivity index (χ1n) is 5.43. The Morgan fingerprint density at radius 2 is 2.07 bits per heavy atom. The minimum absolute atomic E-state index is 0.180. The Balaban J connectivity index is 2.40. The van der Waals surface area contributed by atoms with Gasteiger partial charge in [-0.05, 0) is 25.0 Å². The Morgan fingerprint density at radius 1 is 1.33 bits per heavy atom. The molecule has 1 heterocycles. The summed E-state index contributed by atoms with van der Waals surface area (Å²) in [6.07, 6.45) is 1.49. The largest absolute Gasteiger partial charge is 0.392 e. The zero-order chi connectivity index (χ0) is 11.3. The van der Waals surface area contributed by atoms with E-state index in [1.807, 2.05) is 32.0 Å². The van der Waals surface area contributed by atoms with E-state index >= 15 is 0 Å². The van der Waals surface area contributed by atoms with Crippen molar-refractivity contribution in [2.24, 2.45) is 5.92 Å². The highest BCUT2D eigenvalue weighted by Crippen LogP contribution is 2.08. The number of rotatable bonds is 5. The van der Waals surface area contributed by atoms with Crippen LogP contribution in [0.2, 0.25) is 0 Å². The first-order valence-corrected chi connectivity index (χ1v) is 5.43. The van der Waals surface area contributed by atoms with Crippen LogP contribution in [0.15, 0.2) is 24.4 Å². The Bertz CT molecular complexity index is 274. The molecule has 0 aliphatic carbocycles. The number of nitrogens with one attached hydrogen (secondary N) is 1. The molecular formula is C12H20N2O. The fraction of sp³-hybridized carbons (Fsp3) is 0.583. The molecule has 2 atom stereocenters. The van der Waals surface area contributed by atoms with E-state index in [1.165, 1.54) is 0 Å². The number of aromatic nitrogens is 1. The van der Waals surface area contributed by atoms with Gasteiger partial charge in [-0.15, -0.1) is 0 Å². The highest BCUT2D eigenvalue weighted by Gasteiger charge is 2.11. The van der Waals surface area contributed by atoms with Gasteiger partial charge in [0.2, 0.25) is 0 Å². The second-order valence-electron chi connectivity index (χ2n) is 4.20. The standard InChI is InChI=1S/C12H20N2O/c1-9(2)12(15)8-14-10(3)11-6-4-5-7-13-11/h4-7,9-10,12,14-15H,8H2,1-3H3. The number of pyridine rings is 1. The fourth-order valence-corrected chi connectivity index (χ4v) is 1.27. The third-order valence-electron chi connectivity index (χ3n) is 2.53. The van der Waals surface area contributed by atoms with E-state index < -0.39 is 0 Å². The van der Waals surface area contributed by atoms with Crippen LogP contribution >= 0.6 is 0 Å². The van der Waals surface area contributed by atoms with Crippen molar-refractivity contribution in [2.45, 2.75) is 32.9 Å². The van der Waals surface area contributed by atoms with Gasteiger partial charge < -0.3 is 10.4 Å². The molecule has 0 saturated heterocycles. The predicted molar refractivity (Wildman–Crippen MR) is 61.5 cm³/mol. The van der Waals surface area contributed by atoms with Gasteiger partial charge in [-0.3, -0.25) is 4.98 Å². The van der Waals surface area contributed by atoms with Gasteiger partial charge >= 0.3 is 0 Å². The van der Waals surface area contributed by atoms with E-state index in [0.29, 0.717) is 6.54 Å². The van der Waals surface area contributed by atoms with Gasteiger partial charge in [-0.2, -0.15) is 0 Å². The summed E-state index contributed by atoms with van der Waals surface area (Å²) >= 11 is 0. The van der Waals surface area contributed by atoms with Gasteiger partial charge in [-0.1, -0.05) is 19.9 Å². The molecule has 0 fully saturated rings. The fourth-order valence-electron chi connectivity index (χ4n) is 1.27. The van der Waals surface area contributed by atoms with Crippen LogP contribution in [0.1, 0.15) is 32.5 Å². The topological polar surface area (TPSA) is 45.1 Å². The molecule has 0 aromatic carbocycles. The Labute approximate surface area is 91.5 Å². The van der Waals surface area contributed by atoms with Crippen molar-refractivity contribution < 1.29 is 5.11 Å². The lowest BCUT2D eigenvalue weighted by molar-refractivity contribution is 0.120. The minimum atomic E-state index is -0.295. The molecule has 15 heavy (non-hydrogen) atoms. The van der Waals surface area contributed by atoms with Crippen LogP contribution in [0.3, 0.4) is 0 Å². The van der Waals surface area contributed by atoms with E-state index in [9.17, 15) is 5.11 Å². The van der Waals surface area contributed by atoms with Crippen LogP contribution < -0.4 is 5.32 Å². The number of hydrogen-bond acceptors (Lipinski definition) is 3. The van der Waals surface area contributed by atoms with Crippen molar-refractivity contribution in [1.82, 2.24) is 10.3 Å². The van der Waals surface area contributed by atoms with Gasteiger partial charge in [0.15, 0.2) is 0 Å². The van der Waals surface area contributed by atoms with E-state index in [4.69, 9.17) is 0 Å². The molecule has 0 aliphatic rings. The normalized spacial score (nSPS) is 15.3. The molecule has 3 heteroatoms. The zero-order valence-electron chi connectivity index (χ0n) is 9.64. The van der Waals surface area contributed by atoms with Crippen LogP contribution in [0.5, 0.6) is 0 Å². The molecule has 0 spiro atoms. The highest BCUT2D eigenvalue weighted by molar-refractivity contribution is 5.07. The van der Waals surface area contributed by atoms with E-state index in [1.54, 1.807) is 6.20 Å². The maximum atomic E-state index is 9.64. The maximum Gasteiger partial charge on any atom is 0.0687 e. The quantitative estimate of drug-likeness (QED) is 0.775. The van der Waals surface area contributed by atoms with Gasteiger partial charge in [-0.25, -0.2) is 0 Å². The number of aliphatic hydroxyl groups excluding tert-OH is 1. The molecule has 1 aromatic rings. The summed E-state index contributed by atoms with van der Waals surface area (Å²) in [5, 5.41) is 12.9.